The smallest absolute Gasteiger partial charge is 0.132 e. The maximum absolute atomic E-state index is 10.7. The number of anilines is 1. The summed E-state index contributed by atoms with van der Waals surface area (Å²) in [6, 6.07) is 18.6. The van der Waals surface area contributed by atoms with Crippen molar-refractivity contribution in [1.82, 2.24) is 0 Å². The third-order valence-electron chi connectivity index (χ3n) is 4.29. The molecule has 0 radical (unpaired) electrons. The Kier molecular flexibility index (Phi) is 6.48. The molecule has 27 heavy (non-hydrogen) atoms. The lowest BCUT2D eigenvalue weighted by molar-refractivity contribution is -0.114. The molecule has 2 aromatic carbocycles. The Morgan fingerprint density at radius 3 is 2.07 bits per heavy atom. The Balaban J connectivity index is 1.89. The molecular weight excluding hydrogens is 368 g/mol. The van der Waals surface area contributed by atoms with Crippen molar-refractivity contribution in [3.05, 3.63) is 66.2 Å². The van der Waals surface area contributed by atoms with Crippen molar-refractivity contribution in [3.8, 4) is 0 Å². The third kappa shape index (κ3) is 4.32. The summed E-state index contributed by atoms with van der Waals surface area (Å²) in [6.45, 7) is -0.725. The molecule has 2 aromatic rings. The molecule has 0 aliphatic carbocycles. The lowest BCUT2D eigenvalue weighted by atomic mass is 10.0. The summed E-state index contributed by atoms with van der Waals surface area (Å²) in [7, 11) is 0. The molecule has 0 saturated carbocycles. The molecule has 0 unspecified atom stereocenters. The van der Waals surface area contributed by atoms with Crippen molar-refractivity contribution >= 4 is 22.5 Å². The molecular formula is C19H22N2O5S. The predicted octanol–water partition coefficient (Wildman–Crippen LogP) is 0.364. The Hall–Kier alpha value is -1.94. The van der Waals surface area contributed by atoms with Crippen LogP contribution >= 0.6 is 11.8 Å². The van der Waals surface area contributed by atoms with Gasteiger partial charge in [0.05, 0.1) is 12.3 Å². The number of hydrogen-bond acceptors (Lipinski definition) is 8. The maximum atomic E-state index is 10.7. The lowest BCUT2D eigenvalue weighted by Gasteiger charge is -2.32. The van der Waals surface area contributed by atoms with Crippen LogP contribution in [0.5, 0.6) is 0 Å². The van der Waals surface area contributed by atoms with Gasteiger partial charge in [0, 0.05) is 5.56 Å². The summed E-state index contributed by atoms with van der Waals surface area (Å²) in [5.41, 5.74) is 1.58. The first-order valence-electron chi connectivity index (χ1n) is 8.51. The number of hydrazone groups is 1. The molecule has 144 valence electrons. The van der Waals surface area contributed by atoms with Crippen LogP contribution in [0.15, 0.2) is 65.8 Å². The highest BCUT2D eigenvalue weighted by molar-refractivity contribution is 8.15. The number of rotatable bonds is 7. The molecule has 0 spiro atoms. The molecule has 8 heteroatoms. The van der Waals surface area contributed by atoms with Crippen LogP contribution in [-0.4, -0.2) is 67.0 Å². The highest BCUT2D eigenvalue weighted by Gasteiger charge is 2.41. The van der Waals surface area contributed by atoms with E-state index in [4.69, 9.17) is 5.11 Å². The summed E-state index contributed by atoms with van der Waals surface area (Å²) in [6.07, 6.45) is -6.35. The summed E-state index contributed by atoms with van der Waals surface area (Å²) >= 11 is 1.25. The SMILES string of the molecule is OC[C@@H](O)[C@@H](O)[C@H](O)[C@H](O)[C@@H]1SC(c2ccccc2)=NN1c1ccccc1. The zero-order chi connectivity index (χ0) is 19.4. The Morgan fingerprint density at radius 1 is 0.889 bits per heavy atom. The first-order valence-corrected chi connectivity index (χ1v) is 9.39. The van der Waals surface area contributed by atoms with Crippen molar-refractivity contribution in [2.75, 3.05) is 11.6 Å². The van der Waals surface area contributed by atoms with Crippen LogP contribution in [0.3, 0.4) is 0 Å². The fraction of sp³-hybridized carbons (Fsp3) is 0.316. The molecule has 1 heterocycles. The van der Waals surface area contributed by atoms with Crippen LogP contribution in [0, 0.1) is 0 Å². The van der Waals surface area contributed by atoms with Gasteiger partial charge in [-0.3, -0.25) is 0 Å². The molecule has 0 aromatic heterocycles. The zero-order valence-corrected chi connectivity index (χ0v) is 15.2. The first-order chi connectivity index (χ1) is 13.0. The van der Waals surface area contributed by atoms with E-state index >= 15 is 0 Å². The molecule has 3 rings (SSSR count). The molecule has 1 aliphatic heterocycles. The van der Waals surface area contributed by atoms with E-state index in [1.807, 2.05) is 60.7 Å². The molecule has 7 nitrogen and oxygen atoms in total. The maximum Gasteiger partial charge on any atom is 0.132 e. The third-order valence-corrected chi connectivity index (χ3v) is 5.55. The van der Waals surface area contributed by atoms with Crippen molar-refractivity contribution in [1.29, 1.82) is 0 Å². The average Bonchev–Trinajstić information content (AvgIpc) is 3.18. The second kappa shape index (κ2) is 8.83. The zero-order valence-electron chi connectivity index (χ0n) is 14.4. The van der Waals surface area contributed by atoms with Gasteiger partial charge in [0.2, 0.25) is 0 Å². The molecule has 0 bridgehead atoms. The largest absolute Gasteiger partial charge is 0.394 e. The standard InChI is InChI=1S/C19H22N2O5S/c22-11-14(23)15(24)16(25)17(26)19-21(13-9-5-2-6-10-13)20-18(27-19)12-7-3-1-4-8-12/h1-10,14-17,19,22-26H,11H2/t14-,15-,16+,17+,19+/m1/s1. The summed E-state index contributed by atoms with van der Waals surface area (Å²) < 4.78 is 0. The quantitative estimate of drug-likeness (QED) is 0.464. The number of para-hydroxylation sites is 1. The van der Waals surface area contributed by atoms with E-state index in [1.54, 1.807) is 5.01 Å². The number of thioether (sulfide) groups is 1. The molecule has 0 amide bonds. The summed E-state index contributed by atoms with van der Waals surface area (Å²) in [4.78, 5) is 0. The minimum absolute atomic E-state index is 0.660. The van der Waals surface area contributed by atoms with Gasteiger partial charge in [-0.2, -0.15) is 5.10 Å². The van der Waals surface area contributed by atoms with E-state index in [0.29, 0.717) is 10.7 Å². The van der Waals surface area contributed by atoms with Gasteiger partial charge < -0.3 is 25.5 Å². The topological polar surface area (TPSA) is 117 Å². The number of hydrogen-bond donors (Lipinski definition) is 5. The number of nitrogens with zero attached hydrogens (tertiary/aromatic N) is 2. The average molecular weight is 390 g/mol. The van der Waals surface area contributed by atoms with Crippen molar-refractivity contribution in [2.24, 2.45) is 5.10 Å². The summed E-state index contributed by atoms with van der Waals surface area (Å²) in [5.74, 6) is 0. The molecule has 1 aliphatic rings. The van der Waals surface area contributed by atoms with Gasteiger partial charge in [-0.25, -0.2) is 5.01 Å². The van der Waals surface area contributed by atoms with Gasteiger partial charge in [-0.15, -0.1) is 0 Å². The van der Waals surface area contributed by atoms with E-state index in [9.17, 15) is 20.4 Å². The Bertz CT molecular complexity index is 761. The van der Waals surface area contributed by atoms with Crippen molar-refractivity contribution < 1.29 is 25.5 Å². The van der Waals surface area contributed by atoms with Crippen molar-refractivity contribution in [2.45, 2.75) is 29.8 Å². The number of benzene rings is 2. The Morgan fingerprint density at radius 2 is 1.48 bits per heavy atom. The number of aliphatic hydroxyl groups is 5. The Labute approximate surface area is 161 Å². The first kappa shape index (κ1) is 19.8. The van der Waals surface area contributed by atoms with E-state index in [0.717, 1.165) is 5.56 Å². The van der Waals surface area contributed by atoms with Crippen molar-refractivity contribution in [3.63, 3.8) is 0 Å². The van der Waals surface area contributed by atoms with Gasteiger partial charge in [-0.05, 0) is 12.1 Å². The van der Waals surface area contributed by atoms with Gasteiger partial charge in [0.25, 0.3) is 0 Å². The second-order valence-corrected chi connectivity index (χ2v) is 7.29. The number of aliphatic hydroxyl groups excluding tert-OH is 5. The predicted molar refractivity (Wildman–Crippen MR) is 104 cm³/mol. The normalized spacial score (nSPS) is 21.4. The van der Waals surface area contributed by atoms with Crippen LogP contribution in [-0.2, 0) is 0 Å². The second-order valence-electron chi connectivity index (χ2n) is 6.18. The molecule has 5 N–H and O–H groups in total. The van der Waals surface area contributed by atoms with E-state index < -0.39 is 36.4 Å². The molecule has 0 fully saturated rings. The van der Waals surface area contributed by atoms with Crippen LogP contribution in [0.25, 0.3) is 0 Å². The van der Waals surface area contributed by atoms with Gasteiger partial charge in [0.15, 0.2) is 0 Å². The van der Waals surface area contributed by atoms with Crippen LogP contribution in [0.4, 0.5) is 5.69 Å². The molecule has 5 atom stereocenters. The highest BCUT2D eigenvalue weighted by atomic mass is 32.2. The summed E-state index contributed by atoms with van der Waals surface area (Å²) in [5, 5.41) is 55.6. The van der Waals surface area contributed by atoms with Crippen LogP contribution < -0.4 is 5.01 Å². The van der Waals surface area contributed by atoms with E-state index in [1.165, 1.54) is 11.8 Å². The fourth-order valence-corrected chi connectivity index (χ4v) is 3.96. The van der Waals surface area contributed by atoms with Crippen LogP contribution in [0.1, 0.15) is 5.56 Å². The van der Waals surface area contributed by atoms with E-state index in [-0.39, 0.29) is 0 Å². The fourth-order valence-electron chi connectivity index (χ4n) is 2.76. The lowest BCUT2D eigenvalue weighted by Crippen LogP contribution is -2.52. The molecule has 0 saturated heterocycles. The van der Waals surface area contributed by atoms with Gasteiger partial charge in [-0.1, -0.05) is 60.3 Å². The van der Waals surface area contributed by atoms with E-state index in [2.05, 4.69) is 5.10 Å². The van der Waals surface area contributed by atoms with Crippen LogP contribution in [0.2, 0.25) is 0 Å². The minimum atomic E-state index is -1.69. The highest BCUT2D eigenvalue weighted by Crippen LogP contribution is 2.36. The van der Waals surface area contributed by atoms with Gasteiger partial charge >= 0.3 is 0 Å². The minimum Gasteiger partial charge on any atom is -0.394 e. The monoisotopic (exact) mass is 390 g/mol. The van der Waals surface area contributed by atoms with Gasteiger partial charge in [0.1, 0.15) is 34.8 Å².